The fourth-order valence-corrected chi connectivity index (χ4v) is 2.14. The number of aliphatic carboxylic acids is 1. The molecule has 1 aromatic heterocycles. The van der Waals surface area contributed by atoms with Crippen LogP contribution in [0.25, 0.3) is 11.0 Å². The van der Waals surface area contributed by atoms with Crippen molar-refractivity contribution in [1.29, 1.82) is 0 Å². The van der Waals surface area contributed by atoms with Crippen molar-refractivity contribution in [2.24, 2.45) is 5.73 Å². The lowest BCUT2D eigenvalue weighted by Gasteiger charge is -2.02. The third-order valence-corrected chi connectivity index (χ3v) is 3.19. The normalized spacial score (nSPS) is 12.8. The number of thioether (sulfide) groups is 1. The fourth-order valence-electron chi connectivity index (χ4n) is 1.31. The van der Waals surface area contributed by atoms with E-state index in [1.165, 1.54) is 11.8 Å². The van der Waals surface area contributed by atoms with Crippen LogP contribution in [0.15, 0.2) is 23.4 Å². The lowest BCUT2D eigenvalue weighted by Crippen LogP contribution is -2.32. The van der Waals surface area contributed by atoms with Crippen LogP contribution in [0.3, 0.4) is 0 Å². The number of nitrogens with one attached hydrogen (secondary N) is 1. The van der Waals surface area contributed by atoms with Gasteiger partial charge in [-0.2, -0.15) is 0 Å². The summed E-state index contributed by atoms with van der Waals surface area (Å²) < 4.78 is 0. The van der Waals surface area contributed by atoms with Crippen molar-refractivity contribution in [3.05, 3.63) is 18.2 Å². The second-order valence-electron chi connectivity index (χ2n) is 3.57. The molecule has 1 atom stereocenters. The lowest BCUT2D eigenvalue weighted by molar-refractivity contribution is -0.137. The molecule has 1 heterocycles. The van der Waals surface area contributed by atoms with Crippen LogP contribution in [0.2, 0.25) is 0 Å². The van der Waals surface area contributed by atoms with Crippen LogP contribution < -0.4 is 11.5 Å². The number of imidazole rings is 1. The maximum Gasteiger partial charge on any atom is 0.321 e. The first-order valence-electron chi connectivity index (χ1n) is 4.92. The number of H-pyrrole nitrogens is 1. The summed E-state index contributed by atoms with van der Waals surface area (Å²) in [5.74, 6) is -0.747. The Morgan fingerprint density at radius 3 is 3.06 bits per heavy atom. The molecule has 1 aromatic carbocycles. The Balaban J connectivity index is 2.12. The van der Waals surface area contributed by atoms with Gasteiger partial charge in [0, 0.05) is 11.4 Å². The summed E-state index contributed by atoms with van der Waals surface area (Å²) >= 11 is 1.28. The van der Waals surface area contributed by atoms with Crippen molar-refractivity contribution in [2.45, 2.75) is 11.2 Å². The van der Waals surface area contributed by atoms with Gasteiger partial charge < -0.3 is 21.6 Å². The zero-order chi connectivity index (χ0) is 12.4. The Morgan fingerprint density at radius 2 is 2.35 bits per heavy atom. The van der Waals surface area contributed by atoms with Crippen molar-refractivity contribution in [3.8, 4) is 0 Å². The fraction of sp³-hybridized carbons (Fsp3) is 0.200. The number of carboxylic acid groups (broad SMARTS) is 1. The predicted octanol–water partition coefficient (Wildman–Crippen LogP) is 0.649. The van der Waals surface area contributed by atoms with Crippen molar-refractivity contribution >= 4 is 34.5 Å². The minimum absolute atomic E-state index is 0.268. The highest BCUT2D eigenvalue weighted by Crippen LogP contribution is 2.21. The molecule has 90 valence electrons. The minimum Gasteiger partial charge on any atom is -0.480 e. The molecule has 6 nitrogen and oxygen atoms in total. The molecule has 0 bridgehead atoms. The molecule has 0 spiro atoms. The van der Waals surface area contributed by atoms with E-state index in [-0.39, 0.29) is 5.75 Å². The zero-order valence-corrected chi connectivity index (χ0v) is 9.70. The average molecular weight is 252 g/mol. The largest absolute Gasteiger partial charge is 0.480 e. The van der Waals surface area contributed by atoms with Gasteiger partial charge in [0.25, 0.3) is 0 Å². The molecule has 0 saturated carbocycles. The number of benzene rings is 1. The van der Waals surface area contributed by atoms with Gasteiger partial charge in [0.05, 0.1) is 11.0 Å². The van der Waals surface area contributed by atoms with Crippen molar-refractivity contribution < 1.29 is 9.90 Å². The van der Waals surface area contributed by atoms with Gasteiger partial charge in [-0.1, -0.05) is 11.8 Å². The minimum atomic E-state index is -1.02. The highest BCUT2D eigenvalue weighted by molar-refractivity contribution is 7.99. The summed E-state index contributed by atoms with van der Waals surface area (Å²) in [6.45, 7) is 0. The number of nitrogens with two attached hydrogens (primary N) is 2. The molecule has 1 unspecified atom stereocenters. The quantitative estimate of drug-likeness (QED) is 0.468. The molecular formula is C10H12N4O2S. The molecule has 17 heavy (non-hydrogen) atoms. The van der Waals surface area contributed by atoms with Gasteiger partial charge in [0.2, 0.25) is 0 Å². The molecule has 0 aliphatic carbocycles. The summed E-state index contributed by atoms with van der Waals surface area (Å²) in [6, 6.07) is 4.46. The highest BCUT2D eigenvalue weighted by atomic mass is 32.2. The topological polar surface area (TPSA) is 118 Å². The maximum absolute atomic E-state index is 10.6. The van der Waals surface area contributed by atoms with Gasteiger partial charge in [-0.3, -0.25) is 4.79 Å². The molecule has 0 aliphatic rings. The van der Waals surface area contributed by atoms with Crippen molar-refractivity contribution in [2.75, 3.05) is 11.5 Å². The third-order valence-electron chi connectivity index (χ3n) is 2.20. The Kier molecular flexibility index (Phi) is 3.21. The summed E-state index contributed by atoms with van der Waals surface area (Å²) in [4.78, 5) is 17.9. The van der Waals surface area contributed by atoms with Gasteiger partial charge in [0.15, 0.2) is 5.16 Å². The van der Waals surface area contributed by atoms with Gasteiger partial charge in [0.1, 0.15) is 6.04 Å². The Hall–Kier alpha value is -1.73. The predicted molar refractivity (Wildman–Crippen MR) is 66.8 cm³/mol. The first-order chi connectivity index (χ1) is 8.06. The molecule has 0 amide bonds. The number of aromatic amines is 1. The Bertz CT molecular complexity index is 554. The van der Waals surface area contributed by atoms with Gasteiger partial charge in [-0.05, 0) is 18.2 Å². The standard InChI is InChI=1S/C10H12N4O2S/c11-5-1-2-7-8(3-5)14-10(13-7)17-4-6(12)9(15)16/h1-3,6H,4,11-12H2,(H,13,14)(H,15,16). The van der Waals surface area contributed by atoms with E-state index in [0.29, 0.717) is 10.8 Å². The third kappa shape index (κ3) is 2.69. The first-order valence-corrected chi connectivity index (χ1v) is 5.91. The molecule has 0 radical (unpaired) electrons. The van der Waals surface area contributed by atoms with Crippen LogP contribution in [-0.2, 0) is 4.79 Å². The van der Waals surface area contributed by atoms with Crippen molar-refractivity contribution in [1.82, 2.24) is 9.97 Å². The number of nitrogen functional groups attached to an aromatic ring is 1. The van der Waals surface area contributed by atoms with Crippen LogP contribution in [0, 0.1) is 0 Å². The second kappa shape index (κ2) is 4.64. The van der Waals surface area contributed by atoms with Crippen LogP contribution in [0.5, 0.6) is 0 Å². The molecule has 0 fully saturated rings. The van der Waals surface area contributed by atoms with Crippen LogP contribution in [0.1, 0.15) is 0 Å². The molecule has 6 N–H and O–H groups in total. The summed E-state index contributed by atoms with van der Waals surface area (Å²) in [5, 5.41) is 9.29. The average Bonchev–Trinajstić information content (AvgIpc) is 2.67. The second-order valence-corrected chi connectivity index (χ2v) is 4.58. The lowest BCUT2D eigenvalue weighted by atomic mass is 10.3. The number of nitrogens with zero attached hydrogens (tertiary/aromatic N) is 1. The summed E-state index contributed by atoms with van der Waals surface area (Å²) in [7, 11) is 0. The van der Waals surface area contributed by atoms with Gasteiger partial charge >= 0.3 is 5.97 Å². The van der Waals surface area contributed by atoms with Crippen LogP contribution >= 0.6 is 11.8 Å². The Morgan fingerprint density at radius 1 is 1.59 bits per heavy atom. The number of aromatic nitrogens is 2. The van der Waals surface area contributed by atoms with E-state index in [1.54, 1.807) is 12.1 Å². The SMILES string of the molecule is Nc1ccc2nc(SCC(N)C(=O)O)[nH]c2c1. The Labute approximate surface area is 101 Å². The van der Waals surface area contributed by atoms with E-state index in [2.05, 4.69) is 9.97 Å². The molecule has 7 heteroatoms. The van der Waals surface area contributed by atoms with E-state index < -0.39 is 12.0 Å². The van der Waals surface area contributed by atoms with Crippen molar-refractivity contribution in [3.63, 3.8) is 0 Å². The molecule has 2 rings (SSSR count). The molecule has 0 aliphatic heterocycles. The van der Waals surface area contributed by atoms with Gasteiger partial charge in [-0.25, -0.2) is 4.98 Å². The molecule has 2 aromatic rings. The molecule has 0 saturated heterocycles. The monoisotopic (exact) mass is 252 g/mol. The number of anilines is 1. The number of hydrogen-bond acceptors (Lipinski definition) is 5. The molecular weight excluding hydrogens is 240 g/mol. The number of hydrogen-bond donors (Lipinski definition) is 4. The van der Waals surface area contributed by atoms with E-state index in [9.17, 15) is 4.79 Å². The van der Waals surface area contributed by atoms with E-state index in [0.717, 1.165) is 11.0 Å². The number of carboxylic acids is 1. The van der Waals surface area contributed by atoms with E-state index in [4.69, 9.17) is 16.6 Å². The smallest absolute Gasteiger partial charge is 0.321 e. The first kappa shape index (κ1) is 11.7. The maximum atomic E-state index is 10.6. The highest BCUT2D eigenvalue weighted by Gasteiger charge is 2.13. The van der Waals surface area contributed by atoms with Crippen LogP contribution in [-0.4, -0.2) is 32.8 Å². The van der Waals surface area contributed by atoms with Gasteiger partial charge in [-0.15, -0.1) is 0 Å². The van der Waals surface area contributed by atoms with Crippen LogP contribution in [0.4, 0.5) is 5.69 Å². The summed E-state index contributed by atoms with van der Waals surface area (Å²) in [5.41, 5.74) is 13.3. The van der Waals surface area contributed by atoms with E-state index in [1.807, 2.05) is 6.07 Å². The number of rotatable bonds is 4. The summed E-state index contributed by atoms with van der Waals surface area (Å²) in [6.07, 6.45) is 0. The zero-order valence-electron chi connectivity index (χ0n) is 8.88. The number of fused-ring (bicyclic) bond motifs is 1. The van der Waals surface area contributed by atoms with E-state index >= 15 is 0 Å². The number of carbonyl (C=O) groups is 1.